The molecule has 1 N–H and O–H groups in total. The van der Waals surface area contributed by atoms with Gasteiger partial charge in [0.05, 0.1) is 12.6 Å². The summed E-state index contributed by atoms with van der Waals surface area (Å²) in [6.45, 7) is 6.18. The van der Waals surface area contributed by atoms with Crippen LogP contribution in [0.15, 0.2) is 36.9 Å². The van der Waals surface area contributed by atoms with E-state index in [1.807, 2.05) is 35.2 Å². The van der Waals surface area contributed by atoms with Crippen LogP contribution < -0.4 is 4.90 Å². The van der Waals surface area contributed by atoms with Gasteiger partial charge in [-0.1, -0.05) is 24.3 Å². The molecule has 0 fully saturated rings. The Labute approximate surface area is 102 Å². The minimum Gasteiger partial charge on any atom is -0.392 e. The van der Waals surface area contributed by atoms with Crippen LogP contribution in [0.2, 0.25) is 0 Å². The van der Waals surface area contributed by atoms with Crippen molar-refractivity contribution in [3.05, 3.63) is 42.5 Å². The SMILES string of the molecule is C=CCc1ccccc1N(CC=O)CC(C)O. The lowest BCUT2D eigenvalue weighted by Crippen LogP contribution is -2.33. The second kappa shape index (κ2) is 6.86. The Morgan fingerprint density at radius 2 is 2.18 bits per heavy atom. The van der Waals surface area contributed by atoms with E-state index in [2.05, 4.69) is 6.58 Å². The van der Waals surface area contributed by atoms with E-state index in [4.69, 9.17) is 0 Å². The molecule has 0 radical (unpaired) electrons. The molecular weight excluding hydrogens is 214 g/mol. The Kier molecular flexibility index (Phi) is 5.43. The summed E-state index contributed by atoms with van der Waals surface area (Å²) in [6.07, 6.45) is 2.98. The van der Waals surface area contributed by atoms with Crippen molar-refractivity contribution >= 4 is 12.0 Å². The van der Waals surface area contributed by atoms with Gasteiger partial charge in [-0.25, -0.2) is 0 Å². The Morgan fingerprint density at radius 1 is 1.47 bits per heavy atom. The van der Waals surface area contributed by atoms with E-state index in [0.29, 0.717) is 13.1 Å². The Bertz CT molecular complexity index is 374. The molecule has 0 saturated heterocycles. The molecule has 0 bridgehead atoms. The van der Waals surface area contributed by atoms with Gasteiger partial charge < -0.3 is 14.8 Å². The minimum atomic E-state index is -0.466. The van der Waals surface area contributed by atoms with Gasteiger partial charge in [0.15, 0.2) is 0 Å². The zero-order valence-electron chi connectivity index (χ0n) is 10.2. The number of anilines is 1. The van der Waals surface area contributed by atoms with E-state index in [1.54, 1.807) is 6.92 Å². The van der Waals surface area contributed by atoms with E-state index in [0.717, 1.165) is 24.0 Å². The molecule has 1 aromatic rings. The average molecular weight is 233 g/mol. The molecule has 0 aromatic heterocycles. The predicted molar refractivity (Wildman–Crippen MR) is 70.3 cm³/mol. The topological polar surface area (TPSA) is 40.5 Å². The maximum Gasteiger partial charge on any atom is 0.139 e. The molecule has 17 heavy (non-hydrogen) atoms. The number of nitrogens with zero attached hydrogens (tertiary/aromatic N) is 1. The van der Waals surface area contributed by atoms with Crippen LogP contribution in [0.4, 0.5) is 5.69 Å². The Morgan fingerprint density at radius 3 is 2.76 bits per heavy atom. The lowest BCUT2D eigenvalue weighted by atomic mass is 10.1. The van der Waals surface area contributed by atoms with Crippen molar-refractivity contribution in [2.24, 2.45) is 0 Å². The molecule has 1 rings (SSSR count). The summed E-state index contributed by atoms with van der Waals surface area (Å²) in [4.78, 5) is 12.6. The summed E-state index contributed by atoms with van der Waals surface area (Å²) < 4.78 is 0. The molecule has 0 spiro atoms. The fourth-order valence-corrected chi connectivity index (χ4v) is 1.83. The third kappa shape index (κ3) is 4.04. The van der Waals surface area contributed by atoms with Gasteiger partial charge in [0, 0.05) is 12.2 Å². The number of aliphatic hydroxyl groups excluding tert-OH is 1. The number of allylic oxidation sites excluding steroid dienone is 1. The minimum absolute atomic E-state index is 0.291. The molecular formula is C14H19NO2. The summed E-state index contributed by atoms with van der Waals surface area (Å²) in [5.74, 6) is 0. The van der Waals surface area contributed by atoms with Crippen molar-refractivity contribution in [1.29, 1.82) is 0 Å². The van der Waals surface area contributed by atoms with Gasteiger partial charge in [0.25, 0.3) is 0 Å². The largest absolute Gasteiger partial charge is 0.392 e. The van der Waals surface area contributed by atoms with Crippen LogP contribution in [0.3, 0.4) is 0 Å². The van der Waals surface area contributed by atoms with Crippen molar-refractivity contribution in [1.82, 2.24) is 0 Å². The number of hydrogen-bond donors (Lipinski definition) is 1. The van der Waals surface area contributed by atoms with Crippen molar-refractivity contribution in [3.8, 4) is 0 Å². The fraction of sp³-hybridized carbons (Fsp3) is 0.357. The van der Waals surface area contributed by atoms with Gasteiger partial charge >= 0.3 is 0 Å². The first-order valence-electron chi connectivity index (χ1n) is 5.74. The van der Waals surface area contributed by atoms with E-state index in [1.165, 1.54) is 0 Å². The highest BCUT2D eigenvalue weighted by atomic mass is 16.3. The van der Waals surface area contributed by atoms with Crippen LogP contribution >= 0.6 is 0 Å². The van der Waals surface area contributed by atoms with Gasteiger partial charge in [0.2, 0.25) is 0 Å². The normalized spacial score (nSPS) is 11.9. The Hall–Kier alpha value is -1.61. The lowest BCUT2D eigenvalue weighted by Gasteiger charge is -2.26. The number of benzene rings is 1. The van der Waals surface area contributed by atoms with E-state index < -0.39 is 6.10 Å². The Balaban J connectivity index is 2.98. The molecule has 1 aromatic carbocycles. The third-order valence-electron chi connectivity index (χ3n) is 2.48. The number of hydrogen-bond acceptors (Lipinski definition) is 3. The summed E-state index contributed by atoms with van der Waals surface area (Å²) in [5, 5.41) is 9.45. The fourth-order valence-electron chi connectivity index (χ4n) is 1.83. The maximum absolute atomic E-state index is 10.7. The monoisotopic (exact) mass is 233 g/mol. The van der Waals surface area contributed by atoms with Crippen LogP contribution in [-0.2, 0) is 11.2 Å². The van der Waals surface area contributed by atoms with Gasteiger partial charge in [-0.2, -0.15) is 0 Å². The number of rotatable bonds is 7. The zero-order chi connectivity index (χ0) is 12.7. The molecule has 1 unspecified atom stereocenters. The number of carbonyl (C=O) groups excluding carboxylic acids is 1. The first-order chi connectivity index (χ1) is 8.19. The summed E-state index contributed by atoms with van der Waals surface area (Å²) in [6, 6.07) is 7.87. The van der Waals surface area contributed by atoms with Crippen molar-refractivity contribution in [2.75, 3.05) is 18.0 Å². The molecule has 3 heteroatoms. The molecule has 0 aliphatic rings. The molecule has 0 amide bonds. The van der Waals surface area contributed by atoms with Gasteiger partial charge in [-0.05, 0) is 25.0 Å². The standard InChI is InChI=1S/C14H19NO2/c1-3-6-13-7-4-5-8-14(13)15(9-10-16)11-12(2)17/h3-5,7-8,10,12,17H,1,6,9,11H2,2H3. The molecule has 0 saturated carbocycles. The number of carbonyl (C=O) groups is 1. The van der Waals surface area contributed by atoms with Crippen LogP contribution in [0.5, 0.6) is 0 Å². The number of aldehydes is 1. The van der Waals surface area contributed by atoms with Crippen molar-refractivity contribution in [3.63, 3.8) is 0 Å². The van der Waals surface area contributed by atoms with E-state index in [-0.39, 0.29) is 0 Å². The highest BCUT2D eigenvalue weighted by Crippen LogP contribution is 2.21. The third-order valence-corrected chi connectivity index (χ3v) is 2.48. The molecule has 1 atom stereocenters. The highest BCUT2D eigenvalue weighted by molar-refractivity contribution is 5.64. The number of para-hydroxylation sites is 1. The smallest absolute Gasteiger partial charge is 0.139 e. The lowest BCUT2D eigenvalue weighted by molar-refractivity contribution is -0.106. The number of aliphatic hydroxyl groups is 1. The van der Waals surface area contributed by atoms with E-state index in [9.17, 15) is 9.90 Å². The average Bonchev–Trinajstić information content (AvgIpc) is 2.29. The van der Waals surface area contributed by atoms with Crippen LogP contribution in [-0.4, -0.2) is 30.6 Å². The quantitative estimate of drug-likeness (QED) is 0.576. The molecule has 0 heterocycles. The zero-order valence-corrected chi connectivity index (χ0v) is 10.2. The molecule has 92 valence electrons. The summed E-state index contributed by atoms with van der Waals surface area (Å²) in [5.41, 5.74) is 2.10. The maximum atomic E-state index is 10.7. The second-order valence-electron chi connectivity index (χ2n) is 4.04. The van der Waals surface area contributed by atoms with Crippen LogP contribution in [0, 0.1) is 0 Å². The molecule has 3 nitrogen and oxygen atoms in total. The predicted octanol–water partition coefficient (Wildman–Crippen LogP) is 1.80. The van der Waals surface area contributed by atoms with Crippen LogP contribution in [0.1, 0.15) is 12.5 Å². The molecule has 0 aliphatic carbocycles. The van der Waals surface area contributed by atoms with Gasteiger partial charge in [0.1, 0.15) is 6.29 Å². The van der Waals surface area contributed by atoms with E-state index >= 15 is 0 Å². The summed E-state index contributed by atoms with van der Waals surface area (Å²) >= 11 is 0. The van der Waals surface area contributed by atoms with Gasteiger partial charge in [-0.3, -0.25) is 0 Å². The first-order valence-corrected chi connectivity index (χ1v) is 5.74. The van der Waals surface area contributed by atoms with Crippen molar-refractivity contribution in [2.45, 2.75) is 19.4 Å². The first kappa shape index (κ1) is 13.5. The second-order valence-corrected chi connectivity index (χ2v) is 4.04. The molecule has 0 aliphatic heterocycles. The van der Waals surface area contributed by atoms with Crippen molar-refractivity contribution < 1.29 is 9.90 Å². The van der Waals surface area contributed by atoms with Crippen LogP contribution in [0.25, 0.3) is 0 Å². The summed E-state index contributed by atoms with van der Waals surface area (Å²) in [7, 11) is 0. The highest BCUT2D eigenvalue weighted by Gasteiger charge is 2.11. The van der Waals surface area contributed by atoms with Gasteiger partial charge in [-0.15, -0.1) is 6.58 Å².